The maximum absolute atomic E-state index is 13.5. The SMILES string of the molecule is C[C@@H]1CN(S(=O)(=O)NCCc2ccccc2F)C[C@H](C)O1. The lowest BCUT2D eigenvalue weighted by Crippen LogP contribution is -2.52. The average molecular weight is 316 g/mol. The Bertz CT molecular complexity index is 569. The lowest BCUT2D eigenvalue weighted by atomic mass is 10.1. The minimum Gasteiger partial charge on any atom is -0.373 e. The zero-order valence-electron chi connectivity index (χ0n) is 12.3. The number of hydrogen-bond acceptors (Lipinski definition) is 3. The zero-order valence-corrected chi connectivity index (χ0v) is 13.1. The molecule has 1 aromatic rings. The Hall–Kier alpha value is -1.02. The van der Waals surface area contributed by atoms with Crippen molar-refractivity contribution < 1.29 is 17.5 Å². The lowest BCUT2D eigenvalue weighted by molar-refractivity contribution is -0.0443. The van der Waals surface area contributed by atoms with E-state index in [-0.39, 0.29) is 24.6 Å². The highest BCUT2D eigenvalue weighted by Crippen LogP contribution is 2.13. The van der Waals surface area contributed by atoms with Crippen LogP contribution in [0, 0.1) is 5.82 Å². The molecule has 0 spiro atoms. The highest BCUT2D eigenvalue weighted by Gasteiger charge is 2.30. The van der Waals surface area contributed by atoms with Crippen LogP contribution in [-0.4, -0.2) is 44.6 Å². The normalized spacial score (nSPS) is 24.1. The smallest absolute Gasteiger partial charge is 0.279 e. The summed E-state index contributed by atoms with van der Waals surface area (Å²) in [6.45, 7) is 4.52. The first-order valence-electron chi connectivity index (χ1n) is 7.02. The van der Waals surface area contributed by atoms with Crippen LogP contribution < -0.4 is 4.72 Å². The Labute approximate surface area is 125 Å². The Balaban J connectivity index is 1.91. The minimum absolute atomic E-state index is 0.128. The minimum atomic E-state index is -3.55. The maximum Gasteiger partial charge on any atom is 0.279 e. The van der Waals surface area contributed by atoms with Gasteiger partial charge in [-0.15, -0.1) is 0 Å². The van der Waals surface area contributed by atoms with Crippen LogP contribution in [0.25, 0.3) is 0 Å². The maximum atomic E-state index is 13.5. The van der Waals surface area contributed by atoms with Crippen LogP contribution in [0.3, 0.4) is 0 Å². The summed E-state index contributed by atoms with van der Waals surface area (Å²) in [7, 11) is -3.55. The molecule has 118 valence electrons. The molecule has 1 aliphatic heterocycles. The van der Waals surface area contributed by atoms with Crippen LogP contribution in [0.5, 0.6) is 0 Å². The fraction of sp³-hybridized carbons (Fsp3) is 0.571. The number of ether oxygens (including phenoxy) is 1. The summed E-state index contributed by atoms with van der Waals surface area (Å²) in [5.74, 6) is -0.315. The number of rotatable bonds is 5. The van der Waals surface area contributed by atoms with Gasteiger partial charge in [0.1, 0.15) is 5.82 Å². The summed E-state index contributed by atoms with van der Waals surface area (Å²) in [4.78, 5) is 0. The van der Waals surface area contributed by atoms with E-state index in [4.69, 9.17) is 4.74 Å². The Morgan fingerprint density at radius 2 is 1.90 bits per heavy atom. The quantitative estimate of drug-likeness (QED) is 0.891. The van der Waals surface area contributed by atoms with Gasteiger partial charge in [-0.3, -0.25) is 0 Å². The second-order valence-electron chi connectivity index (χ2n) is 5.32. The fourth-order valence-electron chi connectivity index (χ4n) is 2.43. The average Bonchev–Trinajstić information content (AvgIpc) is 2.40. The molecule has 2 rings (SSSR count). The Morgan fingerprint density at radius 1 is 1.29 bits per heavy atom. The molecule has 0 bridgehead atoms. The van der Waals surface area contributed by atoms with Gasteiger partial charge in [-0.05, 0) is 31.9 Å². The van der Waals surface area contributed by atoms with Gasteiger partial charge in [0.05, 0.1) is 12.2 Å². The molecule has 0 radical (unpaired) electrons. The summed E-state index contributed by atoms with van der Waals surface area (Å²) in [5, 5.41) is 0. The van der Waals surface area contributed by atoms with E-state index in [1.54, 1.807) is 18.2 Å². The third-order valence-electron chi connectivity index (χ3n) is 3.36. The third-order valence-corrected chi connectivity index (χ3v) is 4.91. The predicted molar refractivity (Wildman–Crippen MR) is 78.6 cm³/mol. The molecule has 0 aromatic heterocycles. The van der Waals surface area contributed by atoms with Gasteiger partial charge in [-0.2, -0.15) is 12.7 Å². The number of hydrogen-bond donors (Lipinski definition) is 1. The van der Waals surface area contributed by atoms with Gasteiger partial charge in [0.15, 0.2) is 0 Å². The van der Waals surface area contributed by atoms with E-state index < -0.39 is 10.2 Å². The van der Waals surface area contributed by atoms with Crippen LogP contribution in [0.4, 0.5) is 4.39 Å². The van der Waals surface area contributed by atoms with Gasteiger partial charge >= 0.3 is 0 Å². The topological polar surface area (TPSA) is 58.6 Å². The van der Waals surface area contributed by atoms with Gasteiger partial charge < -0.3 is 4.74 Å². The number of morpholine rings is 1. The van der Waals surface area contributed by atoms with Crippen LogP contribution in [0.1, 0.15) is 19.4 Å². The second-order valence-corrected chi connectivity index (χ2v) is 7.07. The van der Waals surface area contributed by atoms with Crippen molar-refractivity contribution in [3.63, 3.8) is 0 Å². The zero-order chi connectivity index (χ0) is 15.5. The fourth-order valence-corrected chi connectivity index (χ4v) is 3.79. The van der Waals surface area contributed by atoms with Gasteiger partial charge in [0.2, 0.25) is 0 Å². The van der Waals surface area contributed by atoms with Crippen LogP contribution in [-0.2, 0) is 21.4 Å². The van der Waals surface area contributed by atoms with Gasteiger partial charge in [-0.1, -0.05) is 18.2 Å². The molecule has 1 aromatic carbocycles. The van der Waals surface area contributed by atoms with Crippen molar-refractivity contribution in [3.8, 4) is 0 Å². The molecular weight excluding hydrogens is 295 g/mol. The molecule has 21 heavy (non-hydrogen) atoms. The number of nitrogens with zero attached hydrogens (tertiary/aromatic N) is 1. The number of benzene rings is 1. The first-order chi connectivity index (χ1) is 9.88. The highest BCUT2D eigenvalue weighted by molar-refractivity contribution is 7.87. The predicted octanol–water partition coefficient (Wildman–Crippen LogP) is 1.31. The molecule has 2 atom stereocenters. The van der Waals surface area contributed by atoms with Crippen molar-refractivity contribution in [2.75, 3.05) is 19.6 Å². The highest BCUT2D eigenvalue weighted by atomic mass is 32.2. The number of halogens is 1. The van der Waals surface area contributed by atoms with Crippen molar-refractivity contribution in [1.29, 1.82) is 0 Å². The van der Waals surface area contributed by atoms with Crippen molar-refractivity contribution in [1.82, 2.24) is 9.03 Å². The third kappa shape index (κ3) is 4.47. The van der Waals surface area contributed by atoms with Crippen molar-refractivity contribution in [2.24, 2.45) is 0 Å². The summed E-state index contributed by atoms with van der Waals surface area (Å²) >= 11 is 0. The van der Waals surface area contributed by atoms with E-state index in [0.29, 0.717) is 25.1 Å². The van der Waals surface area contributed by atoms with Crippen molar-refractivity contribution >= 4 is 10.2 Å². The van der Waals surface area contributed by atoms with Crippen molar-refractivity contribution in [3.05, 3.63) is 35.6 Å². The van der Waals surface area contributed by atoms with Gasteiger partial charge in [0.25, 0.3) is 10.2 Å². The van der Waals surface area contributed by atoms with Crippen LogP contribution in [0.2, 0.25) is 0 Å². The largest absolute Gasteiger partial charge is 0.373 e. The van der Waals surface area contributed by atoms with Crippen LogP contribution in [0.15, 0.2) is 24.3 Å². The van der Waals surface area contributed by atoms with Crippen LogP contribution >= 0.6 is 0 Å². The molecule has 0 saturated carbocycles. The standard InChI is InChI=1S/C14H21FN2O3S/c1-11-9-17(10-12(2)20-11)21(18,19)16-8-7-13-5-3-4-6-14(13)15/h3-6,11-12,16H,7-10H2,1-2H3/t11-,12+. The molecule has 5 nitrogen and oxygen atoms in total. The molecule has 1 heterocycles. The molecule has 0 amide bonds. The van der Waals surface area contributed by atoms with Gasteiger partial charge in [-0.25, -0.2) is 9.11 Å². The van der Waals surface area contributed by atoms with Gasteiger partial charge in [0, 0.05) is 19.6 Å². The first kappa shape index (κ1) is 16.4. The Morgan fingerprint density at radius 3 is 2.52 bits per heavy atom. The lowest BCUT2D eigenvalue weighted by Gasteiger charge is -2.34. The van der Waals surface area contributed by atoms with E-state index in [0.717, 1.165) is 0 Å². The molecule has 1 aliphatic rings. The first-order valence-corrected chi connectivity index (χ1v) is 8.46. The van der Waals surface area contributed by atoms with E-state index in [9.17, 15) is 12.8 Å². The number of nitrogens with one attached hydrogen (secondary N) is 1. The van der Waals surface area contributed by atoms with E-state index >= 15 is 0 Å². The van der Waals surface area contributed by atoms with E-state index in [2.05, 4.69) is 4.72 Å². The summed E-state index contributed by atoms with van der Waals surface area (Å²) in [6, 6.07) is 6.37. The summed E-state index contributed by atoms with van der Waals surface area (Å²) in [5.41, 5.74) is 0.504. The molecule has 1 N–H and O–H groups in total. The van der Waals surface area contributed by atoms with Crippen molar-refractivity contribution in [2.45, 2.75) is 32.5 Å². The summed E-state index contributed by atoms with van der Waals surface area (Å²) < 4.78 is 47.3. The van der Waals surface area contributed by atoms with E-state index in [1.165, 1.54) is 10.4 Å². The Kier molecular flexibility index (Phi) is 5.32. The molecule has 0 aliphatic carbocycles. The molecule has 1 fully saturated rings. The second kappa shape index (κ2) is 6.83. The molecule has 0 unspecified atom stereocenters. The molecular formula is C14H21FN2O3S. The molecule has 1 saturated heterocycles. The molecule has 7 heteroatoms. The monoisotopic (exact) mass is 316 g/mol. The van der Waals surface area contributed by atoms with E-state index in [1.807, 2.05) is 13.8 Å². The summed E-state index contributed by atoms with van der Waals surface area (Å²) in [6.07, 6.45) is 0.0650.